The second kappa shape index (κ2) is 4.70. The van der Waals surface area contributed by atoms with E-state index in [0.29, 0.717) is 0 Å². The van der Waals surface area contributed by atoms with Gasteiger partial charge in [0.1, 0.15) is 11.9 Å². The Hall–Kier alpha value is -1.00. The number of benzene rings is 1. The fraction of sp³-hybridized carbons (Fsp3) is 0.364. The van der Waals surface area contributed by atoms with Gasteiger partial charge in [0.25, 0.3) is 0 Å². The third-order valence-corrected chi connectivity index (χ3v) is 3.26. The van der Waals surface area contributed by atoms with Gasteiger partial charge in [0.15, 0.2) is 0 Å². The highest BCUT2D eigenvalue weighted by molar-refractivity contribution is 6.39. The zero-order chi connectivity index (χ0) is 12.6. The van der Waals surface area contributed by atoms with Gasteiger partial charge in [-0.25, -0.2) is 9.18 Å². The summed E-state index contributed by atoms with van der Waals surface area (Å²) in [6, 6.07) is 1.47. The molecular formula is C11H10Cl2FNO2. The van der Waals surface area contributed by atoms with E-state index in [4.69, 9.17) is 28.3 Å². The van der Waals surface area contributed by atoms with Crippen molar-refractivity contribution < 1.29 is 14.3 Å². The first-order valence-corrected chi connectivity index (χ1v) is 5.88. The van der Waals surface area contributed by atoms with Crippen molar-refractivity contribution in [2.45, 2.75) is 18.9 Å². The maximum atomic E-state index is 13.0. The molecule has 1 unspecified atom stereocenters. The molecule has 1 fully saturated rings. The van der Waals surface area contributed by atoms with Crippen LogP contribution in [-0.4, -0.2) is 17.1 Å². The standard InChI is InChI=1S/C11H10Cl2FNO2/c12-7-3-6(14)4-8(13)10(7)15-9(11(16)17)5-1-2-5/h3-5,9,15H,1-2H2,(H,16,17). The Morgan fingerprint density at radius 3 is 2.35 bits per heavy atom. The predicted molar refractivity (Wildman–Crippen MR) is 64.2 cm³/mol. The quantitative estimate of drug-likeness (QED) is 0.887. The van der Waals surface area contributed by atoms with Crippen LogP contribution in [0.4, 0.5) is 10.1 Å². The van der Waals surface area contributed by atoms with Gasteiger partial charge < -0.3 is 10.4 Å². The topological polar surface area (TPSA) is 49.3 Å². The molecule has 0 radical (unpaired) electrons. The van der Waals surface area contributed by atoms with Crippen LogP contribution in [0.1, 0.15) is 12.8 Å². The summed E-state index contributed by atoms with van der Waals surface area (Å²) >= 11 is 11.7. The lowest BCUT2D eigenvalue weighted by atomic mass is 10.1. The first kappa shape index (κ1) is 12.5. The summed E-state index contributed by atoms with van der Waals surface area (Å²) in [7, 11) is 0. The minimum Gasteiger partial charge on any atom is -0.480 e. The van der Waals surface area contributed by atoms with E-state index in [2.05, 4.69) is 5.32 Å². The van der Waals surface area contributed by atoms with Crippen molar-refractivity contribution in [3.05, 3.63) is 28.0 Å². The van der Waals surface area contributed by atoms with E-state index in [1.54, 1.807) is 0 Å². The summed E-state index contributed by atoms with van der Waals surface area (Å²) in [6.07, 6.45) is 1.72. The van der Waals surface area contributed by atoms with Crippen molar-refractivity contribution in [3.63, 3.8) is 0 Å². The maximum absolute atomic E-state index is 13.0. The number of nitrogens with one attached hydrogen (secondary N) is 1. The second-order valence-corrected chi connectivity index (χ2v) is 4.86. The van der Waals surface area contributed by atoms with Gasteiger partial charge in [-0.05, 0) is 30.9 Å². The van der Waals surface area contributed by atoms with Crippen LogP contribution in [0, 0.1) is 11.7 Å². The summed E-state index contributed by atoms with van der Waals surface area (Å²) in [5, 5.41) is 12.0. The molecule has 1 aromatic carbocycles. The van der Waals surface area contributed by atoms with Gasteiger partial charge in [-0.3, -0.25) is 0 Å². The molecule has 1 aromatic rings. The van der Waals surface area contributed by atoms with Crippen LogP contribution in [0.3, 0.4) is 0 Å². The monoisotopic (exact) mass is 277 g/mol. The van der Waals surface area contributed by atoms with Gasteiger partial charge in [-0.1, -0.05) is 23.2 Å². The number of aliphatic carboxylic acids is 1. The van der Waals surface area contributed by atoms with Crippen molar-refractivity contribution in [2.75, 3.05) is 5.32 Å². The molecule has 0 bridgehead atoms. The number of carboxylic acids is 1. The number of carbonyl (C=O) groups is 1. The van der Waals surface area contributed by atoms with Gasteiger partial charge in [-0.15, -0.1) is 0 Å². The number of rotatable bonds is 4. The molecule has 1 aliphatic rings. The largest absolute Gasteiger partial charge is 0.480 e. The van der Waals surface area contributed by atoms with Crippen LogP contribution in [0.25, 0.3) is 0 Å². The maximum Gasteiger partial charge on any atom is 0.326 e. The zero-order valence-electron chi connectivity index (χ0n) is 8.71. The van der Waals surface area contributed by atoms with Crippen LogP contribution < -0.4 is 5.32 Å². The third-order valence-electron chi connectivity index (χ3n) is 2.67. The molecule has 0 heterocycles. The average molecular weight is 278 g/mol. The number of hydrogen-bond donors (Lipinski definition) is 2. The van der Waals surface area contributed by atoms with E-state index in [1.807, 2.05) is 0 Å². The van der Waals surface area contributed by atoms with Gasteiger partial charge in [0.2, 0.25) is 0 Å². The molecular weight excluding hydrogens is 268 g/mol. The number of carboxylic acid groups (broad SMARTS) is 1. The first-order valence-electron chi connectivity index (χ1n) is 5.13. The Morgan fingerprint density at radius 1 is 1.41 bits per heavy atom. The smallest absolute Gasteiger partial charge is 0.326 e. The van der Waals surface area contributed by atoms with Crippen LogP contribution in [0.2, 0.25) is 10.0 Å². The highest BCUT2D eigenvalue weighted by atomic mass is 35.5. The van der Waals surface area contributed by atoms with Gasteiger partial charge in [0.05, 0.1) is 15.7 Å². The Morgan fingerprint density at radius 2 is 1.94 bits per heavy atom. The molecule has 1 aliphatic carbocycles. The van der Waals surface area contributed by atoms with E-state index in [1.165, 1.54) is 0 Å². The molecule has 2 rings (SSSR count). The highest BCUT2D eigenvalue weighted by Gasteiger charge is 2.36. The molecule has 0 aromatic heterocycles. The summed E-state index contributed by atoms with van der Waals surface area (Å²) in [5.74, 6) is -1.42. The van der Waals surface area contributed by atoms with Gasteiger partial charge in [-0.2, -0.15) is 0 Å². The lowest BCUT2D eigenvalue weighted by molar-refractivity contribution is -0.138. The normalized spacial score (nSPS) is 16.6. The fourth-order valence-corrected chi connectivity index (χ4v) is 2.22. The van der Waals surface area contributed by atoms with Crippen LogP contribution in [-0.2, 0) is 4.79 Å². The number of hydrogen-bond acceptors (Lipinski definition) is 2. The predicted octanol–water partition coefficient (Wildman–Crippen LogP) is 3.41. The Kier molecular flexibility index (Phi) is 3.45. The van der Waals surface area contributed by atoms with Gasteiger partial charge in [0, 0.05) is 0 Å². The van der Waals surface area contributed by atoms with Crippen molar-refractivity contribution >= 4 is 34.9 Å². The first-order chi connectivity index (χ1) is 7.99. The lowest BCUT2D eigenvalue weighted by Crippen LogP contribution is -2.31. The van der Waals surface area contributed by atoms with Crippen molar-refractivity contribution in [2.24, 2.45) is 5.92 Å². The molecule has 2 N–H and O–H groups in total. The van der Waals surface area contributed by atoms with Crippen molar-refractivity contribution in [1.29, 1.82) is 0 Å². The third kappa shape index (κ3) is 2.82. The minimum atomic E-state index is -0.955. The molecule has 0 amide bonds. The van der Waals surface area contributed by atoms with E-state index < -0.39 is 17.8 Å². The number of anilines is 1. The molecule has 0 saturated heterocycles. The van der Waals surface area contributed by atoms with E-state index in [9.17, 15) is 9.18 Å². The molecule has 0 spiro atoms. The molecule has 0 aliphatic heterocycles. The molecule has 92 valence electrons. The summed E-state index contributed by atoms with van der Waals surface area (Å²) < 4.78 is 13.0. The second-order valence-electron chi connectivity index (χ2n) is 4.04. The SMILES string of the molecule is O=C(O)C(Nc1c(Cl)cc(F)cc1Cl)C1CC1. The van der Waals surface area contributed by atoms with E-state index in [-0.39, 0.29) is 21.7 Å². The Bertz CT molecular complexity index is 440. The van der Waals surface area contributed by atoms with Gasteiger partial charge >= 0.3 is 5.97 Å². The molecule has 3 nitrogen and oxygen atoms in total. The highest BCUT2D eigenvalue weighted by Crippen LogP contribution is 2.38. The van der Waals surface area contributed by atoms with Crippen LogP contribution >= 0.6 is 23.2 Å². The van der Waals surface area contributed by atoms with E-state index >= 15 is 0 Å². The molecule has 1 saturated carbocycles. The number of halogens is 3. The Labute approximate surface area is 108 Å². The molecule has 1 atom stereocenters. The lowest BCUT2D eigenvalue weighted by Gasteiger charge is -2.17. The van der Waals surface area contributed by atoms with Crippen molar-refractivity contribution in [1.82, 2.24) is 0 Å². The fourth-order valence-electron chi connectivity index (χ4n) is 1.65. The average Bonchev–Trinajstić information content (AvgIpc) is 2.99. The molecule has 6 heteroatoms. The summed E-state index contributed by atoms with van der Waals surface area (Å²) in [5.41, 5.74) is 0.272. The van der Waals surface area contributed by atoms with Crippen molar-refractivity contribution in [3.8, 4) is 0 Å². The van der Waals surface area contributed by atoms with E-state index in [0.717, 1.165) is 25.0 Å². The van der Waals surface area contributed by atoms with Crippen LogP contribution in [0.5, 0.6) is 0 Å². The Balaban J connectivity index is 2.25. The minimum absolute atomic E-state index is 0.0851. The van der Waals surface area contributed by atoms with Crippen LogP contribution in [0.15, 0.2) is 12.1 Å². The molecule has 17 heavy (non-hydrogen) atoms. The zero-order valence-corrected chi connectivity index (χ0v) is 10.2. The summed E-state index contributed by atoms with van der Waals surface area (Å²) in [6.45, 7) is 0. The summed E-state index contributed by atoms with van der Waals surface area (Å²) in [4.78, 5) is 11.1.